The molecule has 0 spiro atoms. The minimum absolute atomic E-state index is 0. The molecular formula is C12H19Cl2N3O. The first-order valence-corrected chi connectivity index (χ1v) is 5.67. The van der Waals surface area contributed by atoms with Gasteiger partial charge in [-0.3, -0.25) is 9.78 Å². The average molecular weight is 292 g/mol. The quantitative estimate of drug-likeness (QED) is 0.905. The molecule has 1 aliphatic heterocycles. The summed E-state index contributed by atoms with van der Waals surface area (Å²) >= 11 is 0. The van der Waals surface area contributed by atoms with Gasteiger partial charge in [-0.2, -0.15) is 0 Å². The van der Waals surface area contributed by atoms with E-state index in [0.29, 0.717) is 0 Å². The lowest BCUT2D eigenvalue weighted by molar-refractivity contribution is -0.122. The molecule has 0 radical (unpaired) electrons. The van der Waals surface area contributed by atoms with Crippen LogP contribution in [0.25, 0.3) is 0 Å². The van der Waals surface area contributed by atoms with E-state index in [1.165, 1.54) is 0 Å². The Labute approximate surface area is 120 Å². The number of nitrogens with zero attached hydrogens (tertiary/aromatic N) is 2. The van der Waals surface area contributed by atoms with E-state index in [-0.39, 0.29) is 36.6 Å². The molecule has 0 saturated carbocycles. The molecule has 4 nitrogen and oxygen atoms in total. The molecule has 1 aromatic rings. The van der Waals surface area contributed by atoms with Crippen molar-refractivity contribution in [3.63, 3.8) is 0 Å². The number of pyridine rings is 1. The fraction of sp³-hybridized carbons (Fsp3) is 0.500. The standard InChI is InChI=1S/C12H17N3O.2ClH/c1-15(11-5-3-7-14-9-11)12(16)10-4-2-6-13-8-10;;/h3,5,7,9-10,13H,2,4,6,8H2,1H3;2*1H. The third kappa shape index (κ3) is 4.12. The Morgan fingerprint density at radius 2 is 2.28 bits per heavy atom. The molecule has 6 heteroatoms. The molecule has 0 aromatic carbocycles. The van der Waals surface area contributed by atoms with Crippen molar-refractivity contribution in [2.75, 3.05) is 25.0 Å². The van der Waals surface area contributed by atoms with Gasteiger partial charge in [-0.05, 0) is 31.5 Å². The third-order valence-electron chi connectivity index (χ3n) is 3.01. The highest BCUT2D eigenvalue weighted by molar-refractivity contribution is 5.94. The van der Waals surface area contributed by atoms with E-state index in [1.54, 1.807) is 17.3 Å². The molecule has 1 amide bonds. The van der Waals surface area contributed by atoms with Gasteiger partial charge in [0.05, 0.1) is 17.8 Å². The predicted molar refractivity (Wildman–Crippen MR) is 77.7 cm³/mol. The van der Waals surface area contributed by atoms with Crippen molar-refractivity contribution >= 4 is 36.4 Å². The number of hydrogen-bond donors (Lipinski definition) is 1. The van der Waals surface area contributed by atoms with Gasteiger partial charge in [0.2, 0.25) is 5.91 Å². The molecule has 0 bridgehead atoms. The van der Waals surface area contributed by atoms with Crippen LogP contribution in [0.1, 0.15) is 12.8 Å². The summed E-state index contributed by atoms with van der Waals surface area (Å²) in [6.07, 6.45) is 5.49. The number of nitrogens with one attached hydrogen (secondary N) is 1. The number of amides is 1. The topological polar surface area (TPSA) is 45.2 Å². The van der Waals surface area contributed by atoms with Crippen molar-refractivity contribution in [3.8, 4) is 0 Å². The second-order valence-corrected chi connectivity index (χ2v) is 4.15. The highest BCUT2D eigenvalue weighted by Gasteiger charge is 2.24. The third-order valence-corrected chi connectivity index (χ3v) is 3.01. The maximum Gasteiger partial charge on any atom is 0.231 e. The van der Waals surface area contributed by atoms with Crippen molar-refractivity contribution in [1.29, 1.82) is 0 Å². The van der Waals surface area contributed by atoms with Crippen LogP contribution in [0.3, 0.4) is 0 Å². The zero-order valence-corrected chi connectivity index (χ0v) is 12.0. The van der Waals surface area contributed by atoms with E-state index >= 15 is 0 Å². The molecule has 1 aromatic heterocycles. The van der Waals surface area contributed by atoms with Crippen LogP contribution >= 0.6 is 24.8 Å². The molecule has 1 atom stereocenters. The fourth-order valence-corrected chi connectivity index (χ4v) is 2.02. The smallest absolute Gasteiger partial charge is 0.231 e. The number of aromatic nitrogens is 1. The number of hydrogen-bond acceptors (Lipinski definition) is 3. The normalized spacial score (nSPS) is 18.2. The molecule has 1 fully saturated rings. The zero-order valence-electron chi connectivity index (χ0n) is 10.3. The van der Waals surface area contributed by atoms with Crippen molar-refractivity contribution in [1.82, 2.24) is 10.3 Å². The van der Waals surface area contributed by atoms with E-state index < -0.39 is 0 Å². The molecule has 1 unspecified atom stereocenters. The second kappa shape index (κ2) is 8.29. The van der Waals surface area contributed by atoms with Crippen LogP contribution in [0, 0.1) is 5.92 Å². The highest BCUT2D eigenvalue weighted by Crippen LogP contribution is 2.17. The van der Waals surface area contributed by atoms with Gasteiger partial charge in [0, 0.05) is 19.8 Å². The summed E-state index contributed by atoms with van der Waals surface area (Å²) in [4.78, 5) is 17.9. The largest absolute Gasteiger partial charge is 0.316 e. The summed E-state index contributed by atoms with van der Waals surface area (Å²) in [5.41, 5.74) is 0.859. The minimum Gasteiger partial charge on any atom is -0.316 e. The van der Waals surface area contributed by atoms with Crippen molar-refractivity contribution < 1.29 is 4.79 Å². The Morgan fingerprint density at radius 3 is 2.83 bits per heavy atom. The Kier molecular flexibility index (Phi) is 7.91. The first-order chi connectivity index (χ1) is 7.79. The van der Waals surface area contributed by atoms with Crippen molar-refractivity contribution in [2.24, 2.45) is 5.92 Å². The van der Waals surface area contributed by atoms with Gasteiger partial charge >= 0.3 is 0 Å². The Balaban J connectivity index is 0.00000144. The summed E-state index contributed by atoms with van der Waals surface area (Å²) in [7, 11) is 1.81. The van der Waals surface area contributed by atoms with Crippen LogP contribution in [0.2, 0.25) is 0 Å². The van der Waals surface area contributed by atoms with E-state index in [4.69, 9.17) is 0 Å². The van der Waals surface area contributed by atoms with Crippen molar-refractivity contribution in [2.45, 2.75) is 12.8 Å². The monoisotopic (exact) mass is 291 g/mol. The average Bonchev–Trinajstić information content (AvgIpc) is 2.39. The van der Waals surface area contributed by atoms with Crippen LogP contribution in [0.5, 0.6) is 0 Å². The van der Waals surface area contributed by atoms with E-state index in [2.05, 4.69) is 10.3 Å². The van der Waals surface area contributed by atoms with Crippen LogP contribution in [0.4, 0.5) is 5.69 Å². The van der Waals surface area contributed by atoms with Gasteiger partial charge in [0.15, 0.2) is 0 Å². The molecule has 2 heterocycles. The first-order valence-electron chi connectivity index (χ1n) is 5.67. The summed E-state index contributed by atoms with van der Waals surface area (Å²) < 4.78 is 0. The predicted octanol–water partition coefficient (Wildman–Crippen LogP) is 1.89. The highest BCUT2D eigenvalue weighted by atomic mass is 35.5. The molecule has 1 saturated heterocycles. The molecule has 2 rings (SSSR count). The van der Waals surface area contributed by atoms with Gasteiger partial charge < -0.3 is 10.2 Å². The summed E-state index contributed by atoms with van der Waals surface area (Å²) in [5.74, 6) is 0.291. The lowest BCUT2D eigenvalue weighted by Crippen LogP contribution is -2.41. The van der Waals surface area contributed by atoms with Gasteiger partial charge in [-0.15, -0.1) is 24.8 Å². The number of anilines is 1. The van der Waals surface area contributed by atoms with Crippen LogP contribution < -0.4 is 10.2 Å². The van der Waals surface area contributed by atoms with Crippen LogP contribution in [-0.4, -0.2) is 31.0 Å². The van der Waals surface area contributed by atoms with Crippen LogP contribution in [-0.2, 0) is 4.79 Å². The van der Waals surface area contributed by atoms with E-state index in [0.717, 1.165) is 31.6 Å². The summed E-state index contributed by atoms with van der Waals surface area (Å²) in [6, 6.07) is 3.75. The molecule has 18 heavy (non-hydrogen) atoms. The Morgan fingerprint density at radius 1 is 1.50 bits per heavy atom. The van der Waals surface area contributed by atoms with Gasteiger partial charge in [0.25, 0.3) is 0 Å². The Hall–Kier alpha value is -0.840. The number of carbonyl (C=O) groups is 1. The molecular weight excluding hydrogens is 273 g/mol. The lowest BCUT2D eigenvalue weighted by Gasteiger charge is -2.26. The van der Waals surface area contributed by atoms with Gasteiger partial charge in [-0.25, -0.2) is 0 Å². The summed E-state index contributed by atoms with van der Waals surface area (Å²) in [6.45, 7) is 1.82. The fourth-order valence-electron chi connectivity index (χ4n) is 2.02. The maximum absolute atomic E-state index is 12.2. The van der Waals surface area contributed by atoms with Gasteiger partial charge in [0.1, 0.15) is 0 Å². The number of carbonyl (C=O) groups excluding carboxylic acids is 1. The van der Waals surface area contributed by atoms with E-state index in [9.17, 15) is 4.79 Å². The zero-order chi connectivity index (χ0) is 11.4. The number of halogens is 2. The first kappa shape index (κ1) is 17.2. The van der Waals surface area contributed by atoms with Gasteiger partial charge in [-0.1, -0.05) is 0 Å². The Bertz CT molecular complexity index is 356. The number of piperidine rings is 1. The lowest BCUT2D eigenvalue weighted by atomic mass is 9.98. The molecule has 102 valence electrons. The molecule has 1 N–H and O–H groups in total. The maximum atomic E-state index is 12.2. The van der Waals surface area contributed by atoms with E-state index in [1.807, 2.05) is 19.2 Å². The van der Waals surface area contributed by atoms with Crippen LogP contribution in [0.15, 0.2) is 24.5 Å². The molecule has 1 aliphatic rings. The molecule has 0 aliphatic carbocycles. The summed E-state index contributed by atoms with van der Waals surface area (Å²) in [5, 5.41) is 3.26. The van der Waals surface area contributed by atoms with Crippen molar-refractivity contribution in [3.05, 3.63) is 24.5 Å². The SMILES string of the molecule is CN(C(=O)C1CCCNC1)c1cccnc1.Cl.Cl. The number of rotatable bonds is 2. The minimum atomic E-state index is 0. The second-order valence-electron chi connectivity index (χ2n) is 4.15.